The van der Waals surface area contributed by atoms with Gasteiger partial charge in [0.2, 0.25) is 5.13 Å². The van der Waals surface area contributed by atoms with Gasteiger partial charge in [-0.15, -0.1) is 10.2 Å². The summed E-state index contributed by atoms with van der Waals surface area (Å²) in [7, 11) is 0. The maximum Gasteiger partial charge on any atom is 0.257 e. The first-order chi connectivity index (χ1) is 10.6. The van der Waals surface area contributed by atoms with Gasteiger partial charge >= 0.3 is 0 Å². The number of thioether (sulfide) groups is 1. The lowest BCUT2D eigenvalue weighted by Crippen LogP contribution is -2.20. The number of carbonyl (C=O) groups is 2. The molecule has 2 rings (SSSR count). The molecular weight excluding hydrogens is 324 g/mol. The number of rotatable bonds is 7. The van der Waals surface area contributed by atoms with Gasteiger partial charge in [-0.2, -0.15) is 0 Å². The van der Waals surface area contributed by atoms with Crippen molar-refractivity contribution in [3.63, 3.8) is 0 Å². The van der Waals surface area contributed by atoms with Gasteiger partial charge in [-0.25, -0.2) is 0 Å². The maximum atomic E-state index is 12.1. The summed E-state index contributed by atoms with van der Waals surface area (Å²) in [4.78, 5) is 22.7. The van der Waals surface area contributed by atoms with Crippen molar-refractivity contribution in [1.29, 1.82) is 0 Å². The summed E-state index contributed by atoms with van der Waals surface area (Å²) in [6.45, 7) is 1.82. The van der Waals surface area contributed by atoms with Crippen LogP contribution in [0.2, 0.25) is 0 Å². The molecule has 0 spiro atoms. The lowest BCUT2D eigenvalue weighted by atomic mass is 10.2. The van der Waals surface area contributed by atoms with Crippen LogP contribution in [0.1, 0.15) is 17.3 Å². The Morgan fingerprint density at radius 1 is 1.32 bits per heavy atom. The van der Waals surface area contributed by atoms with E-state index in [2.05, 4.69) is 15.5 Å². The van der Waals surface area contributed by atoms with Crippen LogP contribution in [0.25, 0.3) is 0 Å². The number of amides is 2. The van der Waals surface area contributed by atoms with Crippen molar-refractivity contribution in [2.75, 3.05) is 17.7 Å². The molecule has 1 aromatic heterocycles. The fourth-order valence-electron chi connectivity index (χ4n) is 1.47. The van der Waals surface area contributed by atoms with Gasteiger partial charge in [0, 0.05) is 5.56 Å². The Hall–Kier alpha value is -2.13. The second-order valence-electron chi connectivity index (χ2n) is 4.04. The van der Waals surface area contributed by atoms with Crippen LogP contribution in [0.5, 0.6) is 5.75 Å². The zero-order valence-corrected chi connectivity index (χ0v) is 13.4. The predicted octanol–water partition coefficient (Wildman–Crippen LogP) is 1.77. The van der Waals surface area contributed by atoms with Gasteiger partial charge in [0.25, 0.3) is 11.8 Å². The van der Waals surface area contributed by atoms with Crippen LogP contribution >= 0.6 is 23.1 Å². The van der Waals surface area contributed by atoms with E-state index in [0.717, 1.165) is 10.1 Å². The molecule has 0 saturated carbocycles. The van der Waals surface area contributed by atoms with Gasteiger partial charge in [0.05, 0.1) is 0 Å². The van der Waals surface area contributed by atoms with Gasteiger partial charge in [0.15, 0.2) is 10.9 Å². The van der Waals surface area contributed by atoms with Gasteiger partial charge in [0.1, 0.15) is 5.75 Å². The molecule has 3 N–H and O–H groups in total. The van der Waals surface area contributed by atoms with E-state index in [0.29, 0.717) is 16.4 Å². The highest BCUT2D eigenvalue weighted by atomic mass is 32.2. The lowest BCUT2D eigenvalue weighted by molar-refractivity contribution is -0.119. The number of ether oxygens (including phenoxy) is 1. The molecule has 2 aromatic rings. The highest BCUT2D eigenvalue weighted by Crippen LogP contribution is 2.25. The fourth-order valence-corrected chi connectivity index (χ4v) is 3.11. The largest absolute Gasteiger partial charge is 0.484 e. The fraction of sp³-hybridized carbons (Fsp3) is 0.231. The Bertz CT molecular complexity index is 658. The van der Waals surface area contributed by atoms with Crippen molar-refractivity contribution in [2.45, 2.75) is 11.3 Å². The third-order valence-electron chi connectivity index (χ3n) is 2.39. The SMILES string of the molecule is CCSc1nnc(NC(=O)c2ccc(OCC(N)=O)cc2)s1. The van der Waals surface area contributed by atoms with Crippen molar-refractivity contribution >= 4 is 40.0 Å². The quantitative estimate of drug-likeness (QED) is 0.588. The average molecular weight is 338 g/mol. The van der Waals surface area contributed by atoms with Crippen LogP contribution in [0.4, 0.5) is 5.13 Å². The minimum Gasteiger partial charge on any atom is -0.484 e. The molecular formula is C13H14N4O3S2. The van der Waals surface area contributed by atoms with E-state index in [-0.39, 0.29) is 12.5 Å². The lowest BCUT2D eigenvalue weighted by Gasteiger charge is -2.05. The summed E-state index contributed by atoms with van der Waals surface area (Å²) in [6.07, 6.45) is 0. The van der Waals surface area contributed by atoms with Crippen LogP contribution in [0, 0.1) is 0 Å². The molecule has 0 bridgehead atoms. The minimum atomic E-state index is -0.557. The summed E-state index contributed by atoms with van der Waals surface area (Å²) in [5.41, 5.74) is 5.44. The number of benzene rings is 1. The molecule has 2 amide bonds. The molecule has 0 aliphatic carbocycles. The van der Waals surface area contributed by atoms with Crippen molar-refractivity contribution in [2.24, 2.45) is 5.73 Å². The Balaban J connectivity index is 1.95. The number of nitrogens with zero attached hydrogens (tertiary/aromatic N) is 2. The highest BCUT2D eigenvalue weighted by molar-refractivity contribution is 8.01. The van der Waals surface area contributed by atoms with E-state index in [1.165, 1.54) is 11.3 Å². The average Bonchev–Trinajstić information content (AvgIpc) is 2.93. The van der Waals surface area contributed by atoms with Crippen LogP contribution < -0.4 is 15.8 Å². The van der Waals surface area contributed by atoms with Crippen LogP contribution in [0.15, 0.2) is 28.6 Å². The molecule has 0 saturated heterocycles. The molecule has 0 fully saturated rings. The number of nitrogens with one attached hydrogen (secondary N) is 1. The summed E-state index contributed by atoms with van der Waals surface area (Å²) < 4.78 is 5.93. The Labute approximate surface area is 135 Å². The maximum absolute atomic E-state index is 12.1. The first kappa shape index (κ1) is 16.2. The third kappa shape index (κ3) is 4.71. The normalized spacial score (nSPS) is 10.2. The summed E-state index contributed by atoms with van der Waals surface area (Å²) in [5.74, 6) is 0.521. The Morgan fingerprint density at radius 3 is 2.68 bits per heavy atom. The monoisotopic (exact) mass is 338 g/mol. The van der Waals surface area contributed by atoms with E-state index in [1.807, 2.05) is 6.92 Å². The summed E-state index contributed by atoms with van der Waals surface area (Å²) in [5, 5.41) is 11.0. The number of hydrogen-bond acceptors (Lipinski definition) is 7. The molecule has 22 heavy (non-hydrogen) atoms. The number of aromatic nitrogens is 2. The molecule has 116 valence electrons. The zero-order chi connectivity index (χ0) is 15.9. The topological polar surface area (TPSA) is 107 Å². The number of hydrogen-bond donors (Lipinski definition) is 2. The first-order valence-electron chi connectivity index (χ1n) is 6.37. The number of nitrogens with two attached hydrogens (primary N) is 1. The number of carbonyl (C=O) groups excluding carboxylic acids is 2. The summed E-state index contributed by atoms with van der Waals surface area (Å²) in [6, 6.07) is 6.37. The number of anilines is 1. The van der Waals surface area contributed by atoms with Crippen molar-refractivity contribution in [1.82, 2.24) is 10.2 Å². The molecule has 0 unspecified atom stereocenters. The smallest absolute Gasteiger partial charge is 0.257 e. The van der Waals surface area contributed by atoms with Crippen LogP contribution in [-0.2, 0) is 4.79 Å². The van der Waals surface area contributed by atoms with E-state index < -0.39 is 5.91 Å². The molecule has 1 heterocycles. The van der Waals surface area contributed by atoms with Crippen molar-refractivity contribution < 1.29 is 14.3 Å². The Morgan fingerprint density at radius 2 is 2.05 bits per heavy atom. The van der Waals surface area contributed by atoms with Crippen LogP contribution in [-0.4, -0.2) is 34.4 Å². The minimum absolute atomic E-state index is 0.200. The molecule has 1 aromatic carbocycles. The zero-order valence-electron chi connectivity index (χ0n) is 11.7. The van der Waals surface area contributed by atoms with E-state index in [1.54, 1.807) is 36.0 Å². The molecule has 0 atom stereocenters. The van der Waals surface area contributed by atoms with Gasteiger partial charge in [-0.3, -0.25) is 14.9 Å². The van der Waals surface area contributed by atoms with Gasteiger partial charge in [-0.05, 0) is 30.0 Å². The van der Waals surface area contributed by atoms with Crippen molar-refractivity contribution in [3.8, 4) is 5.75 Å². The molecule has 7 nitrogen and oxygen atoms in total. The molecule has 0 radical (unpaired) electrons. The van der Waals surface area contributed by atoms with E-state index in [4.69, 9.17) is 10.5 Å². The van der Waals surface area contributed by atoms with Crippen molar-refractivity contribution in [3.05, 3.63) is 29.8 Å². The van der Waals surface area contributed by atoms with Crippen LogP contribution in [0.3, 0.4) is 0 Å². The second-order valence-corrected chi connectivity index (χ2v) is 6.53. The van der Waals surface area contributed by atoms with E-state index >= 15 is 0 Å². The standard InChI is InChI=1S/C13H14N4O3S2/c1-2-21-13-17-16-12(22-13)15-11(19)8-3-5-9(6-4-8)20-7-10(14)18/h3-6H,2,7H2,1H3,(H2,14,18)(H,15,16,19). The second kappa shape index (κ2) is 7.76. The predicted molar refractivity (Wildman–Crippen MR) is 85.4 cm³/mol. The third-order valence-corrected chi connectivity index (χ3v) is 4.25. The van der Waals surface area contributed by atoms with E-state index in [9.17, 15) is 9.59 Å². The Kier molecular flexibility index (Phi) is 5.73. The van der Waals surface area contributed by atoms with Gasteiger partial charge in [-0.1, -0.05) is 30.0 Å². The first-order valence-corrected chi connectivity index (χ1v) is 8.17. The summed E-state index contributed by atoms with van der Waals surface area (Å²) >= 11 is 2.90. The molecule has 0 aliphatic heterocycles. The molecule has 0 aliphatic rings. The highest BCUT2D eigenvalue weighted by Gasteiger charge is 2.10. The van der Waals surface area contributed by atoms with Gasteiger partial charge < -0.3 is 10.5 Å². The number of primary amides is 1. The molecule has 9 heteroatoms.